The van der Waals surface area contributed by atoms with Crippen molar-refractivity contribution in [3.8, 4) is 5.75 Å². The van der Waals surface area contributed by atoms with Gasteiger partial charge in [0.1, 0.15) is 12.7 Å². The molecule has 1 fully saturated rings. The van der Waals surface area contributed by atoms with Gasteiger partial charge in [-0.1, -0.05) is 28.8 Å². The van der Waals surface area contributed by atoms with Crippen LogP contribution in [-0.4, -0.2) is 30.4 Å². The monoisotopic (exact) mass is 349 g/mol. The van der Waals surface area contributed by atoms with Gasteiger partial charge in [-0.3, -0.25) is 0 Å². The minimum Gasteiger partial charge on any atom is -0.485 e. The molecule has 0 heterocycles. The summed E-state index contributed by atoms with van der Waals surface area (Å²) >= 11 is 2.99. The van der Waals surface area contributed by atoms with Crippen molar-refractivity contribution in [3.05, 3.63) is 28.2 Å². The molecule has 3 nitrogen and oxygen atoms in total. The van der Waals surface area contributed by atoms with Crippen molar-refractivity contribution in [2.24, 2.45) is 0 Å². The number of hydrogen-bond donors (Lipinski definition) is 2. The molecule has 2 rings (SSSR count). The van der Waals surface area contributed by atoms with Crippen LogP contribution >= 0.6 is 15.9 Å². The van der Waals surface area contributed by atoms with Crippen molar-refractivity contribution in [1.29, 1.82) is 0 Å². The van der Waals surface area contributed by atoms with Crippen LogP contribution in [0.25, 0.3) is 0 Å². The van der Waals surface area contributed by atoms with Gasteiger partial charge >= 0.3 is 0 Å². The highest BCUT2D eigenvalue weighted by Gasteiger charge is 2.17. The summed E-state index contributed by atoms with van der Waals surface area (Å²) < 4.78 is 32.3. The van der Waals surface area contributed by atoms with E-state index in [9.17, 15) is 13.9 Å². The summed E-state index contributed by atoms with van der Waals surface area (Å²) in [5.74, 6) is -2.02. The van der Waals surface area contributed by atoms with Crippen molar-refractivity contribution >= 4 is 15.9 Å². The first-order valence-electron chi connectivity index (χ1n) is 6.75. The van der Waals surface area contributed by atoms with Gasteiger partial charge in [-0.05, 0) is 25.0 Å². The lowest BCUT2D eigenvalue weighted by Gasteiger charge is -2.17. The van der Waals surface area contributed by atoms with Gasteiger partial charge < -0.3 is 15.2 Å². The third-order valence-corrected chi connectivity index (χ3v) is 3.84. The van der Waals surface area contributed by atoms with E-state index in [4.69, 9.17) is 4.74 Å². The molecule has 0 amide bonds. The second-order valence-corrected chi connectivity index (χ2v) is 5.97. The molecule has 1 atom stereocenters. The van der Waals surface area contributed by atoms with Crippen molar-refractivity contribution in [2.45, 2.75) is 37.8 Å². The zero-order chi connectivity index (χ0) is 14.5. The highest BCUT2D eigenvalue weighted by molar-refractivity contribution is 9.10. The zero-order valence-corrected chi connectivity index (χ0v) is 12.6. The van der Waals surface area contributed by atoms with E-state index in [2.05, 4.69) is 21.2 Å². The molecule has 0 radical (unpaired) electrons. The van der Waals surface area contributed by atoms with Crippen LogP contribution in [-0.2, 0) is 0 Å². The number of halogens is 3. The van der Waals surface area contributed by atoms with Crippen LogP contribution in [0.5, 0.6) is 5.75 Å². The Morgan fingerprint density at radius 2 is 1.90 bits per heavy atom. The van der Waals surface area contributed by atoms with Gasteiger partial charge in [0, 0.05) is 17.1 Å². The van der Waals surface area contributed by atoms with E-state index < -0.39 is 23.5 Å². The molecular formula is C14H18BrF2NO2. The maximum absolute atomic E-state index is 13.5. The molecule has 0 aromatic heterocycles. The Kier molecular flexibility index (Phi) is 5.74. The molecule has 1 aliphatic rings. The number of rotatable bonds is 6. The molecule has 6 heteroatoms. The van der Waals surface area contributed by atoms with Gasteiger partial charge in [-0.15, -0.1) is 0 Å². The van der Waals surface area contributed by atoms with Crippen LogP contribution in [0.3, 0.4) is 0 Å². The molecule has 0 bridgehead atoms. The van der Waals surface area contributed by atoms with E-state index in [1.165, 1.54) is 12.8 Å². The summed E-state index contributed by atoms with van der Waals surface area (Å²) in [5.41, 5.74) is 0. The highest BCUT2D eigenvalue weighted by atomic mass is 79.9. The highest BCUT2D eigenvalue weighted by Crippen LogP contribution is 2.26. The molecule has 0 saturated heterocycles. The first-order valence-corrected chi connectivity index (χ1v) is 7.54. The fourth-order valence-electron chi connectivity index (χ4n) is 2.34. The number of aliphatic hydroxyl groups excluding tert-OH is 1. The summed E-state index contributed by atoms with van der Waals surface area (Å²) in [7, 11) is 0. The molecule has 0 aliphatic heterocycles. The van der Waals surface area contributed by atoms with Gasteiger partial charge in [-0.2, -0.15) is 0 Å². The Labute approximate surface area is 125 Å². The number of ether oxygens (including phenoxy) is 1. The van der Waals surface area contributed by atoms with Gasteiger partial charge in [0.25, 0.3) is 0 Å². The summed E-state index contributed by atoms with van der Waals surface area (Å²) in [6.07, 6.45) is 3.85. The smallest absolute Gasteiger partial charge is 0.190 e. The third-order valence-electron chi connectivity index (χ3n) is 3.38. The normalized spacial score (nSPS) is 17.4. The standard InChI is InChI=1S/C14H18BrF2NO2/c15-9-5-12(16)14(13(17)6-9)20-8-11(19)7-18-10-3-1-2-4-10/h5-6,10-11,18-19H,1-4,7-8H2/t11-/m1/s1. The summed E-state index contributed by atoms with van der Waals surface area (Å²) in [5, 5.41) is 13.0. The molecule has 1 saturated carbocycles. The van der Waals surface area contributed by atoms with Crippen LogP contribution in [0.15, 0.2) is 16.6 Å². The number of hydrogen-bond acceptors (Lipinski definition) is 3. The molecular weight excluding hydrogens is 332 g/mol. The molecule has 1 aliphatic carbocycles. The lowest BCUT2D eigenvalue weighted by molar-refractivity contribution is 0.0990. The lowest BCUT2D eigenvalue weighted by Crippen LogP contribution is -2.36. The van der Waals surface area contributed by atoms with Gasteiger partial charge in [0.05, 0.1) is 0 Å². The minimum atomic E-state index is -0.793. The topological polar surface area (TPSA) is 41.5 Å². The SMILES string of the molecule is O[C@H](CNC1CCCC1)COc1c(F)cc(Br)cc1F. The van der Waals surface area contributed by atoms with Gasteiger partial charge in [0.2, 0.25) is 0 Å². The Hall–Kier alpha value is -0.720. The molecule has 1 aromatic rings. The predicted molar refractivity (Wildman–Crippen MR) is 75.8 cm³/mol. The first kappa shape index (κ1) is 15.7. The Morgan fingerprint density at radius 3 is 2.50 bits per heavy atom. The molecule has 0 spiro atoms. The average Bonchev–Trinajstić information content (AvgIpc) is 2.88. The Balaban J connectivity index is 1.79. The predicted octanol–water partition coefficient (Wildman–Crippen LogP) is 3.00. The molecule has 1 aromatic carbocycles. The maximum Gasteiger partial charge on any atom is 0.190 e. The van der Waals surface area contributed by atoms with Crippen LogP contribution in [0.2, 0.25) is 0 Å². The van der Waals surface area contributed by atoms with Crippen molar-refractivity contribution in [2.75, 3.05) is 13.2 Å². The second-order valence-electron chi connectivity index (χ2n) is 5.05. The fourth-order valence-corrected chi connectivity index (χ4v) is 2.74. The fraction of sp³-hybridized carbons (Fsp3) is 0.571. The van der Waals surface area contributed by atoms with E-state index >= 15 is 0 Å². The molecule has 0 unspecified atom stereocenters. The van der Waals surface area contributed by atoms with E-state index in [-0.39, 0.29) is 6.61 Å². The van der Waals surface area contributed by atoms with E-state index in [1.807, 2.05) is 0 Å². The minimum absolute atomic E-state index is 0.144. The summed E-state index contributed by atoms with van der Waals surface area (Å²) in [6.45, 7) is 0.222. The van der Waals surface area contributed by atoms with E-state index in [0.29, 0.717) is 17.1 Å². The number of benzene rings is 1. The van der Waals surface area contributed by atoms with E-state index in [1.54, 1.807) is 0 Å². The molecule has 20 heavy (non-hydrogen) atoms. The van der Waals surface area contributed by atoms with Crippen LogP contribution in [0.4, 0.5) is 8.78 Å². The van der Waals surface area contributed by atoms with Crippen LogP contribution < -0.4 is 10.1 Å². The quantitative estimate of drug-likeness (QED) is 0.829. The molecule has 112 valence electrons. The second kappa shape index (κ2) is 7.33. The summed E-state index contributed by atoms with van der Waals surface area (Å²) in [4.78, 5) is 0. The number of nitrogens with one attached hydrogen (secondary N) is 1. The largest absolute Gasteiger partial charge is 0.485 e. The van der Waals surface area contributed by atoms with Gasteiger partial charge in [0.15, 0.2) is 17.4 Å². The van der Waals surface area contributed by atoms with Crippen molar-refractivity contribution in [3.63, 3.8) is 0 Å². The van der Waals surface area contributed by atoms with Gasteiger partial charge in [-0.25, -0.2) is 8.78 Å². The molecule has 2 N–H and O–H groups in total. The Morgan fingerprint density at radius 1 is 1.30 bits per heavy atom. The van der Waals surface area contributed by atoms with Crippen LogP contribution in [0, 0.1) is 11.6 Å². The van der Waals surface area contributed by atoms with Crippen LogP contribution in [0.1, 0.15) is 25.7 Å². The average molecular weight is 350 g/mol. The zero-order valence-electron chi connectivity index (χ0n) is 11.0. The first-order chi connectivity index (χ1) is 9.56. The maximum atomic E-state index is 13.5. The van der Waals surface area contributed by atoms with E-state index in [0.717, 1.165) is 25.0 Å². The summed E-state index contributed by atoms with van der Waals surface area (Å²) in [6, 6.07) is 2.69. The Bertz CT molecular complexity index is 430. The lowest BCUT2D eigenvalue weighted by atomic mass is 10.2. The third kappa shape index (κ3) is 4.40. The van der Waals surface area contributed by atoms with Crippen molar-refractivity contribution < 1.29 is 18.6 Å². The number of aliphatic hydroxyl groups is 1. The van der Waals surface area contributed by atoms with Crippen molar-refractivity contribution in [1.82, 2.24) is 5.32 Å².